The lowest BCUT2D eigenvalue weighted by Crippen LogP contribution is -2.57. The Morgan fingerprint density at radius 1 is 0.694 bits per heavy atom. The molecule has 0 aromatic rings. The first kappa shape index (κ1) is 32.6. The number of hydrogen-bond donors (Lipinski definition) is 8. The van der Waals surface area contributed by atoms with Gasteiger partial charge in [0.25, 0.3) is 0 Å². The highest BCUT2D eigenvalue weighted by molar-refractivity contribution is 7.98. The normalized spacial score (nSPS) is 13.9. The summed E-state index contributed by atoms with van der Waals surface area (Å²) >= 11 is 1.45. The molecule has 0 aromatic heterocycles. The third kappa shape index (κ3) is 14.1. The molecule has 0 saturated heterocycles. The maximum absolute atomic E-state index is 12.9. The molecule has 0 bridgehead atoms. The van der Waals surface area contributed by atoms with Gasteiger partial charge in [-0.1, -0.05) is 0 Å². The molecule has 204 valence electrons. The van der Waals surface area contributed by atoms with Crippen LogP contribution in [0, 0.1) is 0 Å². The number of primary amides is 2. The summed E-state index contributed by atoms with van der Waals surface area (Å²) in [7, 11) is 0. The number of aliphatic carboxylic acids is 2. The van der Waals surface area contributed by atoms with Gasteiger partial charge < -0.3 is 43.4 Å². The van der Waals surface area contributed by atoms with E-state index in [-0.39, 0.29) is 32.1 Å². The highest BCUT2D eigenvalue weighted by Gasteiger charge is 2.30. The van der Waals surface area contributed by atoms with Crippen LogP contribution in [-0.4, -0.2) is 87.9 Å². The molecule has 0 spiro atoms. The van der Waals surface area contributed by atoms with E-state index in [0.29, 0.717) is 12.2 Å². The molecule has 0 aliphatic rings. The zero-order valence-electron chi connectivity index (χ0n) is 19.9. The lowest BCUT2D eigenvalue weighted by molar-refractivity contribution is -0.142. The number of carbonyl (C=O) groups is 7. The molecule has 0 aliphatic heterocycles. The van der Waals surface area contributed by atoms with Crippen molar-refractivity contribution in [2.45, 2.75) is 69.1 Å². The molecule has 5 amide bonds. The van der Waals surface area contributed by atoms with Crippen LogP contribution in [0.2, 0.25) is 0 Å². The Morgan fingerprint density at radius 2 is 1.11 bits per heavy atom. The highest BCUT2D eigenvalue weighted by Crippen LogP contribution is 2.06. The van der Waals surface area contributed by atoms with E-state index >= 15 is 0 Å². The van der Waals surface area contributed by atoms with Crippen LogP contribution in [0.25, 0.3) is 0 Å². The zero-order valence-corrected chi connectivity index (χ0v) is 20.7. The van der Waals surface area contributed by atoms with Crippen molar-refractivity contribution in [2.75, 3.05) is 12.0 Å². The first-order valence-corrected chi connectivity index (χ1v) is 12.3. The van der Waals surface area contributed by atoms with E-state index in [1.165, 1.54) is 11.8 Å². The molecule has 4 unspecified atom stereocenters. The van der Waals surface area contributed by atoms with Gasteiger partial charge in [0, 0.05) is 19.3 Å². The van der Waals surface area contributed by atoms with Gasteiger partial charge in [0.1, 0.15) is 18.1 Å². The Hall–Kier alpha value is -3.40. The summed E-state index contributed by atoms with van der Waals surface area (Å²) in [6.45, 7) is 0. The van der Waals surface area contributed by atoms with Crippen LogP contribution in [0.4, 0.5) is 0 Å². The number of carboxylic acids is 2. The fraction of sp³-hybridized carbons (Fsp3) is 0.650. The van der Waals surface area contributed by atoms with E-state index in [9.17, 15) is 38.7 Å². The van der Waals surface area contributed by atoms with Crippen LogP contribution < -0.4 is 33.2 Å². The summed E-state index contributed by atoms with van der Waals surface area (Å²) < 4.78 is 0. The second kappa shape index (κ2) is 17.1. The lowest BCUT2D eigenvalue weighted by atomic mass is 10.1. The van der Waals surface area contributed by atoms with Crippen LogP contribution in [0.1, 0.15) is 44.9 Å². The predicted octanol–water partition coefficient (Wildman–Crippen LogP) is -3.00. The second-order valence-corrected chi connectivity index (χ2v) is 8.84. The highest BCUT2D eigenvalue weighted by atomic mass is 32.2. The number of hydrogen-bond acceptors (Lipinski definition) is 9. The largest absolute Gasteiger partial charge is 0.481 e. The van der Waals surface area contributed by atoms with Gasteiger partial charge in [-0.15, -0.1) is 0 Å². The van der Waals surface area contributed by atoms with E-state index < -0.39 is 72.1 Å². The van der Waals surface area contributed by atoms with Gasteiger partial charge in [-0.05, 0) is 37.7 Å². The number of amides is 5. The van der Waals surface area contributed by atoms with E-state index in [4.69, 9.17) is 22.3 Å². The quantitative estimate of drug-likeness (QED) is 0.0826. The Balaban J connectivity index is 5.61. The Labute approximate surface area is 211 Å². The second-order valence-electron chi connectivity index (χ2n) is 7.85. The fourth-order valence-corrected chi connectivity index (χ4v) is 3.32. The number of thioether (sulfide) groups is 1. The van der Waals surface area contributed by atoms with Crippen molar-refractivity contribution in [3.63, 3.8) is 0 Å². The van der Waals surface area contributed by atoms with Crippen molar-refractivity contribution in [3.05, 3.63) is 0 Å². The average molecular weight is 535 g/mol. The smallest absolute Gasteiger partial charge is 0.326 e. The molecule has 15 nitrogen and oxygen atoms in total. The number of carbonyl (C=O) groups excluding carboxylic acids is 5. The Kier molecular flexibility index (Phi) is 15.5. The van der Waals surface area contributed by atoms with Crippen LogP contribution in [0.5, 0.6) is 0 Å². The van der Waals surface area contributed by atoms with Gasteiger partial charge >= 0.3 is 11.9 Å². The zero-order chi connectivity index (χ0) is 27.8. The van der Waals surface area contributed by atoms with E-state index in [1.54, 1.807) is 0 Å². The molecule has 16 heteroatoms. The molecule has 0 radical (unpaired) electrons. The van der Waals surface area contributed by atoms with Crippen LogP contribution >= 0.6 is 11.8 Å². The third-order valence-electron chi connectivity index (χ3n) is 4.86. The van der Waals surface area contributed by atoms with Crippen LogP contribution in [0.15, 0.2) is 0 Å². The van der Waals surface area contributed by atoms with E-state index in [2.05, 4.69) is 16.0 Å². The summed E-state index contributed by atoms with van der Waals surface area (Å²) in [6, 6.07) is -5.33. The molecule has 0 aliphatic carbocycles. The minimum Gasteiger partial charge on any atom is -0.481 e. The third-order valence-corrected chi connectivity index (χ3v) is 5.50. The van der Waals surface area contributed by atoms with Crippen LogP contribution in [-0.2, 0) is 33.6 Å². The SMILES string of the molecule is CSCCC(N)C(=O)NC(CCC(=O)O)C(=O)NC(CCC(N)=O)C(=O)NC(CCC(N)=O)C(=O)O. The van der Waals surface area contributed by atoms with Gasteiger partial charge in [0.05, 0.1) is 6.04 Å². The number of carboxylic acid groups (broad SMARTS) is 2. The first-order valence-electron chi connectivity index (χ1n) is 10.9. The molecule has 11 N–H and O–H groups in total. The minimum absolute atomic E-state index is 0.297. The predicted molar refractivity (Wildman–Crippen MR) is 128 cm³/mol. The van der Waals surface area contributed by atoms with Crippen molar-refractivity contribution < 1.29 is 43.8 Å². The van der Waals surface area contributed by atoms with Gasteiger partial charge in [0.15, 0.2) is 0 Å². The summed E-state index contributed by atoms with van der Waals surface area (Å²) in [5.41, 5.74) is 15.9. The standard InChI is InChI=1S/C20H34N6O9S/c1-36-9-8-10(21)17(31)24-12(4-7-16(29)30)18(32)25-11(2-5-14(22)27)19(33)26-13(20(34)35)3-6-15(23)28/h10-13H,2-9,21H2,1H3,(H2,22,27)(H2,23,28)(H,24,31)(H,25,32)(H,26,33)(H,29,30)(H,34,35). The molecule has 0 fully saturated rings. The van der Waals surface area contributed by atoms with Gasteiger partial charge in [-0.2, -0.15) is 11.8 Å². The van der Waals surface area contributed by atoms with Crippen LogP contribution in [0.3, 0.4) is 0 Å². The molecule has 0 heterocycles. The van der Waals surface area contributed by atoms with Gasteiger partial charge in [0.2, 0.25) is 29.5 Å². The lowest BCUT2D eigenvalue weighted by Gasteiger charge is -2.25. The number of rotatable bonds is 19. The van der Waals surface area contributed by atoms with Crippen molar-refractivity contribution in [1.82, 2.24) is 16.0 Å². The summed E-state index contributed by atoms with van der Waals surface area (Å²) in [5.74, 6) is -6.38. The van der Waals surface area contributed by atoms with E-state index in [0.717, 1.165) is 0 Å². The molecular formula is C20H34N6O9S. The Bertz CT molecular complexity index is 825. The number of nitrogens with one attached hydrogen (secondary N) is 3. The maximum Gasteiger partial charge on any atom is 0.326 e. The molecular weight excluding hydrogens is 500 g/mol. The van der Waals surface area contributed by atoms with Gasteiger partial charge in [-0.3, -0.25) is 28.8 Å². The Morgan fingerprint density at radius 3 is 1.53 bits per heavy atom. The minimum atomic E-state index is -1.52. The van der Waals surface area contributed by atoms with Gasteiger partial charge in [-0.25, -0.2) is 4.79 Å². The van der Waals surface area contributed by atoms with Crippen molar-refractivity contribution in [2.24, 2.45) is 17.2 Å². The van der Waals surface area contributed by atoms with E-state index in [1.807, 2.05) is 6.26 Å². The average Bonchev–Trinajstić information content (AvgIpc) is 2.79. The fourth-order valence-electron chi connectivity index (χ4n) is 2.84. The molecule has 0 rings (SSSR count). The summed E-state index contributed by atoms with van der Waals surface area (Å²) in [5, 5.41) is 25.1. The topological polar surface area (TPSA) is 274 Å². The van der Waals surface area contributed by atoms with Crippen molar-refractivity contribution in [3.8, 4) is 0 Å². The van der Waals surface area contributed by atoms with Crippen molar-refractivity contribution >= 4 is 53.2 Å². The monoisotopic (exact) mass is 534 g/mol. The molecule has 0 aromatic carbocycles. The van der Waals surface area contributed by atoms with Crippen molar-refractivity contribution in [1.29, 1.82) is 0 Å². The summed E-state index contributed by atoms with van der Waals surface area (Å²) in [4.78, 5) is 82.6. The number of nitrogens with two attached hydrogens (primary N) is 3. The maximum atomic E-state index is 12.9. The first-order chi connectivity index (χ1) is 16.8. The summed E-state index contributed by atoms with van der Waals surface area (Å²) in [6.07, 6.45) is -0.0498. The molecule has 0 saturated carbocycles. The molecule has 36 heavy (non-hydrogen) atoms. The molecule has 4 atom stereocenters.